The first kappa shape index (κ1) is 19.9. The van der Waals surface area contributed by atoms with E-state index < -0.39 is 0 Å². The summed E-state index contributed by atoms with van der Waals surface area (Å²) in [7, 11) is 4.00. The fraction of sp³-hybridized carbons (Fsp3) is 0.391. The highest BCUT2D eigenvalue weighted by atomic mass is 16.2. The number of likely N-dealkylation sites (tertiary alicyclic amines) is 1. The zero-order valence-electron chi connectivity index (χ0n) is 17.2. The van der Waals surface area contributed by atoms with E-state index in [-0.39, 0.29) is 17.7 Å². The zero-order valence-corrected chi connectivity index (χ0v) is 17.2. The highest BCUT2D eigenvalue weighted by Crippen LogP contribution is 2.24. The molecule has 5 nitrogen and oxygen atoms in total. The molecule has 1 N–H and O–H groups in total. The maximum Gasteiger partial charge on any atom is 0.253 e. The SMILES string of the molecule is Cc1ccc(C(=O)N2CCCC(C(=O)Nc3ccc(N(C)C)c(C)c3)C2)cc1. The molecule has 148 valence electrons. The van der Waals surface area contributed by atoms with Crippen molar-refractivity contribution in [2.24, 2.45) is 5.92 Å². The Labute approximate surface area is 167 Å². The van der Waals surface area contributed by atoms with Crippen LogP contribution >= 0.6 is 0 Å². The van der Waals surface area contributed by atoms with Gasteiger partial charge in [0.25, 0.3) is 5.91 Å². The summed E-state index contributed by atoms with van der Waals surface area (Å²) in [6.07, 6.45) is 1.65. The normalized spacial score (nSPS) is 16.6. The van der Waals surface area contributed by atoms with Crippen LogP contribution in [0.4, 0.5) is 11.4 Å². The Kier molecular flexibility index (Phi) is 6.02. The van der Waals surface area contributed by atoms with E-state index in [1.54, 1.807) is 4.90 Å². The lowest BCUT2D eigenvalue weighted by Gasteiger charge is -2.32. The number of benzene rings is 2. The molecule has 0 bridgehead atoms. The molecular weight excluding hydrogens is 350 g/mol. The standard InChI is InChI=1S/C23H29N3O2/c1-16-7-9-18(10-8-16)23(28)26-13-5-6-19(15-26)22(27)24-20-11-12-21(25(3)4)17(2)14-20/h7-12,14,19H,5-6,13,15H2,1-4H3,(H,24,27). The maximum atomic E-state index is 12.8. The van der Waals surface area contributed by atoms with Crippen LogP contribution in [0.2, 0.25) is 0 Å². The van der Waals surface area contributed by atoms with Crippen LogP contribution in [0.15, 0.2) is 42.5 Å². The first-order valence-electron chi connectivity index (χ1n) is 9.80. The molecule has 1 saturated heterocycles. The van der Waals surface area contributed by atoms with Crippen molar-refractivity contribution in [2.45, 2.75) is 26.7 Å². The number of carbonyl (C=O) groups is 2. The molecule has 1 unspecified atom stereocenters. The number of aryl methyl sites for hydroxylation is 2. The molecule has 1 aliphatic heterocycles. The molecule has 1 aliphatic rings. The van der Waals surface area contributed by atoms with E-state index in [4.69, 9.17) is 0 Å². The van der Waals surface area contributed by atoms with Crippen LogP contribution in [0.1, 0.15) is 34.3 Å². The van der Waals surface area contributed by atoms with E-state index in [0.29, 0.717) is 18.7 Å². The molecule has 5 heteroatoms. The van der Waals surface area contributed by atoms with Gasteiger partial charge >= 0.3 is 0 Å². The van der Waals surface area contributed by atoms with Gasteiger partial charge in [0, 0.05) is 44.1 Å². The molecule has 0 radical (unpaired) electrons. The molecule has 1 heterocycles. The fourth-order valence-electron chi connectivity index (χ4n) is 3.73. The van der Waals surface area contributed by atoms with Crippen molar-refractivity contribution >= 4 is 23.2 Å². The van der Waals surface area contributed by atoms with Gasteiger partial charge in [0.15, 0.2) is 0 Å². The number of hydrogen-bond acceptors (Lipinski definition) is 3. The Balaban J connectivity index is 1.65. The summed E-state index contributed by atoms with van der Waals surface area (Å²) < 4.78 is 0. The van der Waals surface area contributed by atoms with Crippen LogP contribution < -0.4 is 10.2 Å². The largest absolute Gasteiger partial charge is 0.377 e. The quantitative estimate of drug-likeness (QED) is 0.878. The second-order valence-electron chi connectivity index (χ2n) is 7.84. The number of amides is 2. The Morgan fingerprint density at radius 2 is 1.79 bits per heavy atom. The van der Waals surface area contributed by atoms with Crippen LogP contribution in [0.5, 0.6) is 0 Å². The molecule has 28 heavy (non-hydrogen) atoms. The minimum Gasteiger partial charge on any atom is -0.377 e. The molecule has 0 aromatic heterocycles. The number of carbonyl (C=O) groups excluding carboxylic acids is 2. The van der Waals surface area contributed by atoms with Gasteiger partial charge < -0.3 is 15.1 Å². The predicted molar refractivity (Wildman–Crippen MR) is 114 cm³/mol. The molecule has 1 atom stereocenters. The molecule has 0 aliphatic carbocycles. The molecular formula is C23H29N3O2. The molecule has 0 spiro atoms. The van der Waals surface area contributed by atoms with Crippen molar-refractivity contribution in [3.05, 3.63) is 59.2 Å². The summed E-state index contributed by atoms with van der Waals surface area (Å²) in [5.74, 6) is -0.195. The maximum absolute atomic E-state index is 12.8. The Bertz CT molecular complexity index is 859. The first-order valence-corrected chi connectivity index (χ1v) is 9.80. The van der Waals surface area contributed by atoms with E-state index >= 15 is 0 Å². The third-order valence-electron chi connectivity index (χ3n) is 5.32. The molecule has 3 rings (SSSR count). The predicted octanol–water partition coefficient (Wildman–Crippen LogP) is 3.86. The second kappa shape index (κ2) is 8.46. The van der Waals surface area contributed by atoms with Crippen LogP contribution in [0.25, 0.3) is 0 Å². The van der Waals surface area contributed by atoms with E-state index in [1.807, 2.05) is 70.4 Å². The van der Waals surface area contributed by atoms with Gasteiger partial charge in [0.05, 0.1) is 5.92 Å². The summed E-state index contributed by atoms with van der Waals surface area (Å²) >= 11 is 0. The molecule has 2 amide bonds. The molecule has 1 fully saturated rings. The summed E-state index contributed by atoms with van der Waals surface area (Å²) in [5, 5.41) is 3.03. The molecule has 2 aromatic carbocycles. The summed E-state index contributed by atoms with van der Waals surface area (Å²) in [5.41, 5.74) is 4.85. The van der Waals surface area contributed by atoms with Crippen molar-refractivity contribution in [2.75, 3.05) is 37.4 Å². The van der Waals surface area contributed by atoms with Gasteiger partial charge in [0.2, 0.25) is 5.91 Å². The third kappa shape index (κ3) is 4.53. The lowest BCUT2D eigenvalue weighted by atomic mass is 9.96. The number of rotatable bonds is 4. The minimum atomic E-state index is -0.183. The van der Waals surface area contributed by atoms with Crippen LogP contribution in [-0.2, 0) is 4.79 Å². The van der Waals surface area contributed by atoms with E-state index in [2.05, 4.69) is 10.2 Å². The summed E-state index contributed by atoms with van der Waals surface area (Å²) in [4.78, 5) is 29.4. The monoisotopic (exact) mass is 379 g/mol. The lowest BCUT2D eigenvalue weighted by molar-refractivity contribution is -0.121. The third-order valence-corrected chi connectivity index (χ3v) is 5.32. The number of nitrogens with zero attached hydrogens (tertiary/aromatic N) is 2. The number of nitrogens with one attached hydrogen (secondary N) is 1. The highest BCUT2D eigenvalue weighted by molar-refractivity contribution is 5.96. The van der Waals surface area contributed by atoms with Crippen molar-refractivity contribution in [1.82, 2.24) is 4.90 Å². The molecule has 0 saturated carbocycles. The van der Waals surface area contributed by atoms with Gasteiger partial charge in [-0.1, -0.05) is 17.7 Å². The lowest BCUT2D eigenvalue weighted by Crippen LogP contribution is -2.43. The number of hydrogen-bond donors (Lipinski definition) is 1. The number of anilines is 2. The number of piperidine rings is 1. The highest BCUT2D eigenvalue weighted by Gasteiger charge is 2.29. The van der Waals surface area contributed by atoms with Gasteiger partial charge in [-0.2, -0.15) is 0 Å². The fourth-order valence-corrected chi connectivity index (χ4v) is 3.73. The Morgan fingerprint density at radius 1 is 1.07 bits per heavy atom. The minimum absolute atomic E-state index is 0.00341. The van der Waals surface area contributed by atoms with Crippen molar-refractivity contribution in [1.29, 1.82) is 0 Å². The smallest absolute Gasteiger partial charge is 0.253 e. The van der Waals surface area contributed by atoms with Gasteiger partial charge in [-0.05, 0) is 62.6 Å². The Morgan fingerprint density at radius 3 is 2.43 bits per heavy atom. The van der Waals surface area contributed by atoms with E-state index in [1.165, 1.54) is 0 Å². The molecule has 2 aromatic rings. The average Bonchev–Trinajstić information content (AvgIpc) is 2.68. The first-order chi connectivity index (χ1) is 13.3. The van der Waals surface area contributed by atoms with Crippen molar-refractivity contribution in [3.8, 4) is 0 Å². The topological polar surface area (TPSA) is 52.7 Å². The van der Waals surface area contributed by atoms with E-state index in [9.17, 15) is 9.59 Å². The van der Waals surface area contributed by atoms with E-state index in [0.717, 1.165) is 35.3 Å². The van der Waals surface area contributed by atoms with Crippen molar-refractivity contribution < 1.29 is 9.59 Å². The summed E-state index contributed by atoms with van der Waals surface area (Å²) in [6, 6.07) is 13.5. The van der Waals surface area contributed by atoms with Gasteiger partial charge in [-0.3, -0.25) is 9.59 Å². The van der Waals surface area contributed by atoms with Gasteiger partial charge in [-0.25, -0.2) is 0 Å². The van der Waals surface area contributed by atoms with Crippen LogP contribution in [0.3, 0.4) is 0 Å². The second-order valence-corrected chi connectivity index (χ2v) is 7.84. The van der Waals surface area contributed by atoms with Gasteiger partial charge in [0.1, 0.15) is 0 Å². The van der Waals surface area contributed by atoms with Gasteiger partial charge in [-0.15, -0.1) is 0 Å². The van der Waals surface area contributed by atoms with Crippen molar-refractivity contribution in [3.63, 3.8) is 0 Å². The van der Waals surface area contributed by atoms with Crippen LogP contribution in [-0.4, -0.2) is 43.9 Å². The van der Waals surface area contributed by atoms with Crippen LogP contribution in [0, 0.1) is 19.8 Å². The summed E-state index contributed by atoms with van der Waals surface area (Å²) in [6.45, 7) is 5.20. The average molecular weight is 380 g/mol. The zero-order chi connectivity index (χ0) is 20.3. The Hall–Kier alpha value is -2.82.